The maximum absolute atomic E-state index is 12.6. The largest absolute Gasteiger partial charge is 0.461 e. The molecule has 8 nitrogen and oxygen atoms in total. The Labute approximate surface area is 184 Å². The molecule has 3 amide bonds. The molecule has 2 N–H and O–H groups in total. The van der Waals surface area contributed by atoms with Crippen molar-refractivity contribution >= 4 is 23.7 Å². The van der Waals surface area contributed by atoms with Gasteiger partial charge in [-0.15, -0.1) is 10.2 Å². The van der Waals surface area contributed by atoms with Crippen molar-refractivity contribution < 1.29 is 14.0 Å². The average molecular weight is 440 g/mol. The molecule has 0 bridgehead atoms. The topological polar surface area (TPSA) is 102 Å². The van der Waals surface area contributed by atoms with Crippen LogP contribution in [0.5, 0.6) is 0 Å². The van der Waals surface area contributed by atoms with Crippen molar-refractivity contribution in [2.45, 2.75) is 55.5 Å². The molecule has 9 heteroatoms. The molecule has 1 unspecified atom stereocenters. The van der Waals surface area contributed by atoms with Gasteiger partial charge in [-0.1, -0.05) is 49.2 Å². The van der Waals surface area contributed by atoms with Gasteiger partial charge in [0, 0.05) is 11.7 Å². The summed E-state index contributed by atoms with van der Waals surface area (Å²) < 4.78 is 7.35. The minimum atomic E-state index is -0.548. The van der Waals surface area contributed by atoms with Gasteiger partial charge in [-0.3, -0.25) is 14.7 Å². The first-order chi connectivity index (χ1) is 15.1. The molecule has 1 atom stereocenters. The number of urea groups is 1. The van der Waals surface area contributed by atoms with Gasteiger partial charge in [0.15, 0.2) is 10.9 Å². The van der Waals surface area contributed by atoms with Crippen LogP contribution in [0, 0.1) is 0 Å². The zero-order valence-corrected chi connectivity index (χ0v) is 18.1. The predicted octanol–water partition coefficient (Wildman–Crippen LogP) is 4.17. The van der Waals surface area contributed by atoms with E-state index in [1.54, 1.807) is 19.3 Å². The van der Waals surface area contributed by atoms with E-state index in [4.69, 9.17) is 4.42 Å². The van der Waals surface area contributed by atoms with Crippen molar-refractivity contribution in [3.05, 3.63) is 48.7 Å². The Kier molecular flexibility index (Phi) is 6.71. The molecule has 31 heavy (non-hydrogen) atoms. The average Bonchev–Trinajstić information content (AvgIpc) is 3.45. The molecular formula is C22H25N5O3S. The van der Waals surface area contributed by atoms with E-state index >= 15 is 0 Å². The number of nitrogens with zero attached hydrogens (tertiary/aromatic N) is 3. The van der Waals surface area contributed by atoms with Crippen molar-refractivity contribution in [1.29, 1.82) is 0 Å². The normalized spacial score (nSPS) is 15.4. The second kappa shape index (κ2) is 9.82. The zero-order valence-electron chi connectivity index (χ0n) is 17.3. The number of carbonyl (C=O) groups excluding carboxylic acids is 2. The second-order valence-corrected chi connectivity index (χ2v) is 8.82. The number of nitrogens with one attached hydrogen (secondary N) is 2. The minimum Gasteiger partial charge on any atom is -0.461 e. The smallest absolute Gasteiger partial charge is 0.321 e. The van der Waals surface area contributed by atoms with Crippen LogP contribution in [0.25, 0.3) is 17.3 Å². The third kappa shape index (κ3) is 5.16. The van der Waals surface area contributed by atoms with E-state index in [9.17, 15) is 9.59 Å². The maximum atomic E-state index is 12.6. The summed E-state index contributed by atoms with van der Waals surface area (Å²) in [6, 6.07) is 12.9. The Morgan fingerprint density at radius 1 is 1.10 bits per heavy atom. The van der Waals surface area contributed by atoms with E-state index in [1.807, 2.05) is 41.0 Å². The molecule has 4 rings (SSSR count). The van der Waals surface area contributed by atoms with Crippen LogP contribution in [0.4, 0.5) is 4.79 Å². The van der Waals surface area contributed by atoms with Crippen molar-refractivity contribution in [3.8, 4) is 17.3 Å². The van der Waals surface area contributed by atoms with Gasteiger partial charge >= 0.3 is 6.03 Å². The summed E-state index contributed by atoms with van der Waals surface area (Å²) in [5, 5.41) is 13.9. The van der Waals surface area contributed by atoms with Crippen LogP contribution in [-0.2, 0) is 4.79 Å². The first-order valence-corrected chi connectivity index (χ1v) is 11.3. The van der Waals surface area contributed by atoms with Gasteiger partial charge in [0.1, 0.15) is 0 Å². The quantitative estimate of drug-likeness (QED) is 0.559. The number of imide groups is 1. The van der Waals surface area contributed by atoms with Gasteiger partial charge in [-0.2, -0.15) is 0 Å². The van der Waals surface area contributed by atoms with Gasteiger partial charge in [0.05, 0.1) is 11.5 Å². The van der Waals surface area contributed by atoms with Crippen LogP contribution in [0.15, 0.2) is 58.3 Å². The summed E-state index contributed by atoms with van der Waals surface area (Å²) in [6.07, 6.45) is 6.92. The SMILES string of the molecule is CC(Sc1nnc(-c2ccco2)n1-c1ccccc1)C(=O)NC(=O)NC1CCCCC1. The lowest BCUT2D eigenvalue weighted by atomic mass is 9.96. The third-order valence-electron chi connectivity index (χ3n) is 5.22. The number of thioether (sulfide) groups is 1. The number of aromatic nitrogens is 3. The van der Waals surface area contributed by atoms with Gasteiger partial charge in [0.25, 0.3) is 0 Å². The van der Waals surface area contributed by atoms with Crippen molar-refractivity contribution in [1.82, 2.24) is 25.4 Å². The van der Waals surface area contributed by atoms with Crippen LogP contribution in [0.2, 0.25) is 0 Å². The van der Waals surface area contributed by atoms with Gasteiger partial charge in [-0.25, -0.2) is 4.79 Å². The second-order valence-electron chi connectivity index (χ2n) is 7.51. The van der Waals surface area contributed by atoms with Crippen LogP contribution in [0.1, 0.15) is 39.0 Å². The number of amides is 3. The highest BCUT2D eigenvalue weighted by Crippen LogP contribution is 2.30. The summed E-state index contributed by atoms with van der Waals surface area (Å²) >= 11 is 1.23. The fraction of sp³-hybridized carbons (Fsp3) is 0.364. The monoisotopic (exact) mass is 439 g/mol. The highest BCUT2D eigenvalue weighted by atomic mass is 32.2. The van der Waals surface area contributed by atoms with Crippen LogP contribution in [-0.4, -0.2) is 38.0 Å². The molecular weight excluding hydrogens is 414 g/mol. The van der Waals surface area contributed by atoms with Crippen molar-refractivity contribution in [3.63, 3.8) is 0 Å². The fourth-order valence-corrected chi connectivity index (χ4v) is 4.48. The summed E-state index contributed by atoms with van der Waals surface area (Å²) in [7, 11) is 0. The molecule has 1 fully saturated rings. The molecule has 0 spiro atoms. The lowest BCUT2D eigenvalue weighted by Gasteiger charge is -2.23. The standard InChI is InChI=1S/C22H25N5O3S/c1-15(20(28)24-21(29)23-16-9-4-2-5-10-16)31-22-26-25-19(18-13-8-14-30-18)27(22)17-11-6-3-7-12-17/h3,6-8,11-16H,2,4-5,9-10H2,1H3,(H2,23,24,28,29). The third-order valence-corrected chi connectivity index (χ3v) is 6.26. The molecule has 0 aliphatic heterocycles. The first kappa shape index (κ1) is 21.2. The molecule has 0 saturated heterocycles. The number of furan rings is 1. The molecule has 0 radical (unpaired) electrons. The number of para-hydroxylation sites is 1. The van der Waals surface area contributed by atoms with E-state index in [0.717, 1.165) is 31.4 Å². The molecule has 1 saturated carbocycles. The molecule has 1 aliphatic carbocycles. The van der Waals surface area contributed by atoms with E-state index in [2.05, 4.69) is 20.8 Å². The number of carbonyl (C=O) groups is 2. The highest BCUT2D eigenvalue weighted by Gasteiger charge is 2.24. The Hall–Kier alpha value is -3.07. The highest BCUT2D eigenvalue weighted by molar-refractivity contribution is 8.00. The predicted molar refractivity (Wildman–Crippen MR) is 118 cm³/mol. The zero-order chi connectivity index (χ0) is 21.6. The van der Waals surface area contributed by atoms with Crippen LogP contribution >= 0.6 is 11.8 Å². The van der Waals surface area contributed by atoms with E-state index in [1.165, 1.54) is 18.2 Å². The Morgan fingerprint density at radius 2 is 1.87 bits per heavy atom. The molecule has 3 aromatic rings. The van der Waals surface area contributed by atoms with Gasteiger partial charge in [-0.05, 0) is 44.0 Å². The van der Waals surface area contributed by atoms with E-state index < -0.39 is 11.3 Å². The fourth-order valence-electron chi connectivity index (χ4n) is 3.62. The molecule has 2 heterocycles. The Balaban J connectivity index is 1.47. The Bertz CT molecular complexity index is 1010. The van der Waals surface area contributed by atoms with E-state index in [-0.39, 0.29) is 11.9 Å². The van der Waals surface area contributed by atoms with Crippen molar-refractivity contribution in [2.75, 3.05) is 0 Å². The number of hydrogen-bond donors (Lipinski definition) is 2. The summed E-state index contributed by atoms with van der Waals surface area (Å²) in [6.45, 7) is 1.74. The maximum Gasteiger partial charge on any atom is 0.321 e. The summed E-state index contributed by atoms with van der Waals surface area (Å²) in [5.41, 5.74) is 0.851. The first-order valence-electron chi connectivity index (χ1n) is 10.4. The number of hydrogen-bond acceptors (Lipinski definition) is 6. The molecule has 1 aliphatic rings. The van der Waals surface area contributed by atoms with Gasteiger partial charge < -0.3 is 9.73 Å². The lowest BCUT2D eigenvalue weighted by molar-refractivity contribution is -0.119. The van der Waals surface area contributed by atoms with Crippen molar-refractivity contribution in [2.24, 2.45) is 0 Å². The number of rotatable bonds is 6. The van der Waals surface area contributed by atoms with Crippen LogP contribution < -0.4 is 10.6 Å². The lowest BCUT2D eigenvalue weighted by Crippen LogP contribution is -2.47. The molecule has 2 aromatic heterocycles. The van der Waals surface area contributed by atoms with Crippen LogP contribution in [0.3, 0.4) is 0 Å². The Morgan fingerprint density at radius 3 is 2.58 bits per heavy atom. The molecule has 162 valence electrons. The van der Waals surface area contributed by atoms with E-state index in [0.29, 0.717) is 16.7 Å². The summed E-state index contributed by atoms with van der Waals surface area (Å²) in [5.74, 6) is 0.744. The number of benzene rings is 1. The summed E-state index contributed by atoms with van der Waals surface area (Å²) in [4.78, 5) is 24.8. The van der Waals surface area contributed by atoms with Gasteiger partial charge in [0.2, 0.25) is 11.7 Å². The molecule has 1 aromatic carbocycles. The minimum absolute atomic E-state index is 0.140.